The molecule has 1 aliphatic heterocycles. The van der Waals surface area contributed by atoms with E-state index in [1.165, 1.54) is 4.90 Å². The van der Waals surface area contributed by atoms with Crippen molar-refractivity contribution < 1.29 is 19.5 Å². The molecule has 7 heteroatoms. The smallest absolute Gasteiger partial charge is 0.327 e. The number of rotatable bonds is 7. The number of thioether (sulfide) groups is 1. The Bertz CT molecular complexity index is 1260. The third kappa shape index (κ3) is 5.10. The van der Waals surface area contributed by atoms with E-state index in [2.05, 4.69) is 0 Å². The molecule has 1 unspecified atom stereocenters. The molecule has 0 bridgehead atoms. The van der Waals surface area contributed by atoms with Crippen LogP contribution in [0, 0.1) is 0 Å². The van der Waals surface area contributed by atoms with Crippen molar-refractivity contribution in [3.8, 4) is 0 Å². The zero-order valence-corrected chi connectivity index (χ0v) is 19.0. The van der Waals surface area contributed by atoms with Gasteiger partial charge in [-0.25, -0.2) is 4.79 Å². The van der Waals surface area contributed by atoms with Crippen LogP contribution in [0.3, 0.4) is 0 Å². The Morgan fingerprint density at radius 2 is 1.58 bits per heavy atom. The lowest BCUT2D eigenvalue weighted by molar-refractivity contribution is -0.145. The standard InChI is InChI=1S/C26H19NO4S2/c28-23(19-11-5-2-6-12-19)20-13-7-10-18(14-20)16-22-24(29)27(26(32)33-22)21(25(30)31)15-17-8-3-1-4-9-17/h1-14,16,21H,15H2,(H,30,31)/b22-16-. The average Bonchev–Trinajstić information content (AvgIpc) is 3.10. The molecule has 1 aliphatic rings. The summed E-state index contributed by atoms with van der Waals surface area (Å²) in [5.41, 5.74) is 2.53. The van der Waals surface area contributed by atoms with Gasteiger partial charge in [0.15, 0.2) is 5.78 Å². The van der Waals surface area contributed by atoms with E-state index in [9.17, 15) is 19.5 Å². The van der Waals surface area contributed by atoms with Crippen molar-refractivity contribution in [3.05, 3.63) is 112 Å². The first kappa shape index (κ1) is 22.6. The molecule has 1 saturated heterocycles. The van der Waals surface area contributed by atoms with Crippen LogP contribution in [0.1, 0.15) is 27.0 Å². The Labute approximate surface area is 200 Å². The Kier molecular flexibility index (Phi) is 6.82. The minimum atomic E-state index is -1.12. The summed E-state index contributed by atoms with van der Waals surface area (Å²) >= 11 is 6.43. The van der Waals surface area contributed by atoms with Gasteiger partial charge in [-0.15, -0.1) is 0 Å². The van der Waals surface area contributed by atoms with E-state index in [-0.39, 0.29) is 16.5 Å². The third-order valence-corrected chi connectivity index (χ3v) is 6.51. The van der Waals surface area contributed by atoms with Crippen LogP contribution in [0.4, 0.5) is 0 Å². The van der Waals surface area contributed by atoms with Gasteiger partial charge in [-0.2, -0.15) is 0 Å². The lowest BCUT2D eigenvalue weighted by Crippen LogP contribution is -2.45. The van der Waals surface area contributed by atoms with Crippen LogP contribution in [0.15, 0.2) is 89.8 Å². The molecule has 3 aromatic carbocycles. The summed E-state index contributed by atoms with van der Waals surface area (Å²) in [4.78, 5) is 39.3. The van der Waals surface area contributed by atoms with Crippen molar-refractivity contribution in [1.29, 1.82) is 0 Å². The van der Waals surface area contributed by atoms with E-state index in [0.29, 0.717) is 21.6 Å². The topological polar surface area (TPSA) is 74.7 Å². The molecule has 1 atom stereocenters. The lowest BCUT2D eigenvalue weighted by atomic mass is 10.0. The van der Waals surface area contributed by atoms with Gasteiger partial charge in [0, 0.05) is 17.5 Å². The first-order chi connectivity index (χ1) is 15.9. The molecular weight excluding hydrogens is 454 g/mol. The summed E-state index contributed by atoms with van der Waals surface area (Å²) in [7, 11) is 0. The monoisotopic (exact) mass is 473 g/mol. The zero-order valence-electron chi connectivity index (χ0n) is 17.4. The number of hydrogen-bond acceptors (Lipinski definition) is 5. The van der Waals surface area contributed by atoms with Crippen molar-refractivity contribution in [1.82, 2.24) is 4.90 Å². The van der Waals surface area contributed by atoms with Crippen LogP contribution in [0.25, 0.3) is 6.08 Å². The maximum atomic E-state index is 13.1. The number of hydrogen-bond donors (Lipinski definition) is 1. The predicted octanol–water partition coefficient (Wildman–Crippen LogP) is 4.81. The SMILES string of the molecule is O=C(c1ccccc1)c1cccc(/C=C2\SC(=S)N(C(Cc3ccccc3)C(=O)O)C2=O)c1. The van der Waals surface area contributed by atoms with E-state index in [1.807, 2.05) is 36.4 Å². The molecule has 5 nitrogen and oxygen atoms in total. The van der Waals surface area contributed by atoms with Gasteiger partial charge >= 0.3 is 5.97 Å². The van der Waals surface area contributed by atoms with E-state index in [0.717, 1.165) is 17.3 Å². The van der Waals surface area contributed by atoms with Crippen LogP contribution in [-0.2, 0) is 16.0 Å². The third-order valence-electron chi connectivity index (χ3n) is 5.17. The Balaban J connectivity index is 1.59. The summed E-state index contributed by atoms with van der Waals surface area (Å²) in [6, 6.07) is 23.9. The summed E-state index contributed by atoms with van der Waals surface area (Å²) < 4.78 is 0.200. The minimum Gasteiger partial charge on any atom is -0.480 e. The molecule has 1 fully saturated rings. The number of aliphatic carboxylic acids is 1. The molecule has 0 radical (unpaired) electrons. The van der Waals surface area contributed by atoms with Crippen molar-refractivity contribution in [2.24, 2.45) is 0 Å². The average molecular weight is 474 g/mol. The Morgan fingerprint density at radius 3 is 2.24 bits per heavy atom. The fraction of sp³-hybridized carbons (Fsp3) is 0.0769. The summed E-state index contributed by atoms with van der Waals surface area (Å²) in [6.07, 6.45) is 1.79. The van der Waals surface area contributed by atoms with Gasteiger partial charge in [-0.05, 0) is 23.3 Å². The second kappa shape index (κ2) is 9.94. The van der Waals surface area contributed by atoms with Gasteiger partial charge in [0.1, 0.15) is 10.4 Å². The first-order valence-electron chi connectivity index (χ1n) is 10.2. The summed E-state index contributed by atoms with van der Waals surface area (Å²) in [5, 5.41) is 9.79. The number of amides is 1. The molecule has 164 valence electrons. The number of carboxylic acid groups (broad SMARTS) is 1. The minimum absolute atomic E-state index is 0.118. The second-order valence-corrected chi connectivity index (χ2v) is 9.09. The number of carbonyl (C=O) groups is 3. The Hall–Kier alpha value is -3.55. The molecule has 1 amide bonds. The van der Waals surface area contributed by atoms with E-state index in [1.54, 1.807) is 54.6 Å². The normalized spacial score (nSPS) is 15.6. The number of ketones is 1. The van der Waals surface area contributed by atoms with E-state index in [4.69, 9.17) is 12.2 Å². The van der Waals surface area contributed by atoms with Crippen molar-refractivity contribution in [2.75, 3.05) is 0 Å². The van der Waals surface area contributed by atoms with Gasteiger partial charge in [-0.1, -0.05) is 103 Å². The number of thiocarbonyl (C=S) groups is 1. The molecule has 1 heterocycles. The number of carbonyl (C=O) groups excluding carboxylic acids is 2. The molecule has 4 rings (SSSR count). The second-order valence-electron chi connectivity index (χ2n) is 7.42. The van der Waals surface area contributed by atoms with Crippen LogP contribution < -0.4 is 0 Å². The van der Waals surface area contributed by atoms with Crippen LogP contribution in [0.5, 0.6) is 0 Å². The largest absolute Gasteiger partial charge is 0.480 e. The van der Waals surface area contributed by atoms with Crippen molar-refractivity contribution >= 4 is 52.0 Å². The quantitative estimate of drug-likeness (QED) is 0.301. The molecule has 33 heavy (non-hydrogen) atoms. The fourth-order valence-corrected chi connectivity index (χ4v) is 4.91. The van der Waals surface area contributed by atoms with Crippen molar-refractivity contribution in [2.45, 2.75) is 12.5 Å². The highest BCUT2D eigenvalue weighted by molar-refractivity contribution is 8.26. The molecule has 0 saturated carbocycles. The Morgan fingerprint density at radius 1 is 0.939 bits per heavy atom. The van der Waals surface area contributed by atoms with Gasteiger partial charge in [-0.3, -0.25) is 14.5 Å². The maximum Gasteiger partial charge on any atom is 0.327 e. The van der Waals surface area contributed by atoms with Crippen LogP contribution >= 0.6 is 24.0 Å². The molecule has 3 aromatic rings. The molecular formula is C26H19NO4S2. The lowest BCUT2D eigenvalue weighted by Gasteiger charge is -2.23. The maximum absolute atomic E-state index is 13.1. The van der Waals surface area contributed by atoms with Crippen molar-refractivity contribution in [3.63, 3.8) is 0 Å². The molecule has 1 N–H and O–H groups in total. The van der Waals surface area contributed by atoms with Crippen LogP contribution in [-0.4, -0.2) is 38.0 Å². The van der Waals surface area contributed by atoms with Gasteiger partial charge in [0.2, 0.25) is 0 Å². The van der Waals surface area contributed by atoms with Gasteiger partial charge in [0.05, 0.1) is 4.91 Å². The summed E-state index contributed by atoms with van der Waals surface area (Å²) in [6.45, 7) is 0. The van der Waals surface area contributed by atoms with Crippen LogP contribution in [0.2, 0.25) is 0 Å². The number of carboxylic acids is 1. The molecule has 0 aromatic heterocycles. The summed E-state index contributed by atoms with van der Waals surface area (Å²) in [5.74, 6) is -1.69. The van der Waals surface area contributed by atoms with Gasteiger partial charge in [0.25, 0.3) is 5.91 Å². The predicted molar refractivity (Wildman–Crippen MR) is 133 cm³/mol. The number of benzene rings is 3. The molecule has 0 aliphatic carbocycles. The highest BCUT2D eigenvalue weighted by Gasteiger charge is 2.40. The highest BCUT2D eigenvalue weighted by atomic mass is 32.2. The first-order valence-corrected chi connectivity index (χ1v) is 11.4. The molecule has 0 spiro atoms. The number of nitrogens with zero attached hydrogens (tertiary/aromatic N) is 1. The zero-order chi connectivity index (χ0) is 23.4. The highest BCUT2D eigenvalue weighted by Crippen LogP contribution is 2.35. The van der Waals surface area contributed by atoms with Gasteiger partial charge < -0.3 is 5.11 Å². The van der Waals surface area contributed by atoms with E-state index >= 15 is 0 Å². The van der Waals surface area contributed by atoms with E-state index < -0.39 is 17.9 Å². The fourth-order valence-electron chi connectivity index (χ4n) is 3.55.